The largest absolute Gasteiger partial charge is 0.139 e. The van der Waals surface area contributed by atoms with Gasteiger partial charge in [-0.15, -0.1) is 0 Å². The standard InChI is InChI=1S/C10H17B3/c1-5(2)7-4-8(11)6(3)9(12)10(7)13/h4-5H,11-13H2,1-3H3. The third-order valence-corrected chi connectivity index (χ3v) is 3.14. The zero-order chi connectivity index (χ0) is 10.2. The first kappa shape index (κ1) is 10.5. The second kappa shape index (κ2) is 3.65. The van der Waals surface area contributed by atoms with Crippen molar-refractivity contribution in [1.29, 1.82) is 0 Å². The second-order valence-electron chi connectivity index (χ2n) is 4.31. The van der Waals surface area contributed by atoms with E-state index in [-0.39, 0.29) is 0 Å². The van der Waals surface area contributed by atoms with Crippen molar-refractivity contribution in [3.05, 3.63) is 17.2 Å². The lowest BCUT2D eigenvalue weighted by Gasteiger charge is -2.17. The maximum Gasteiger partial charge on any atom is 0.139 e. The molecule has 0 aliphatic heterocycles. The first-order valence-electron chi connectivity index (χ1n) is 5.02. The summed E-state index contributed by atoms with van der Waals surface area (Å²) in [6, 6.07) is 2.34. The topological polar surface area (TPSA) is 0 Å². The maximum atomic E-state index is 2.34. The van der Waals surface area contributed by atoms with E-state index in [1.54, 1.807) is 0 Å². The predicted molar refractivity (Wildman–Crippen MR) is 69.8 cm³/mol. The average Bonchev–Trinajstić information content (AvgIpc) is 2.07. The number of hydrogen-bond acceptors (Lipinski definition) is 0. The maximum absolute atomic E-state index is 2.34. The van der Waals surface area contributed by atoms with Gasteiger partial charge in [0.2, 0.25) is 0 Å². The quantitative estimate of drug-likeness (QED) is 0.423. The van der Waals surface area contributed by atoms with Gasteiger partial charge in [-0.3, -0.25) is 0 Å². The molecule has 0 aliphatic carbocycles. The van der Waals surface area contributed by atoms with Gasteiger partial charge in [0.15, 0.2) is 0 Å². The fourth-order valence-electron chi connectivity index (χ4n) is 1.84. The van der Waals surface area contributed by atoms with Crippen LogP contribution in [0.1, 0.15) is 30.9 Å². The third-order valence-electron chi connectivity index (χ3n) is 3.14. The summed E-state index contributed by atoms with van der Waals surface area (Å²) < 4.78 is 0. The van der Waals surface area contributed by atoms with Gasteiger partial charge >= 0.3 is 0 Å². The van der Waals surface area contributed by atoms with Crippen LogP contribution in [-0.4, -0.2) is 23.5 Å². The Bertz CT molecular complexity index is 329. The van der Waals surface area contributed by atoms with Gasteiger partial charge in [0.1, 0.15) is 23.5 Å². The van der Waals surface area contributed by atoms with Crippen LogP contribution in [0.15, 0.2) is 6.07 Å². The molecule has 1 rings (SSSR count). The molecule has 3 heteroatoms. The van der Waals surface area contributed by atoms with Gasteiger partial charge in [-0.1, -0.05) is 47.4 Å². The van der Waals surface area contributed by atoms with Gasteiger partial charge in [-0.05, 0) is 12.8 Å². The van der Waals surface area contributed by atoms with Crippen molar-refractivity contribution in [3.63, 3.8) is 0 Å². The first-order chi connectivity index (χ1) is 5.95. The van der Waals surface area contributed by atoms with E-state index < -0.39 is 0 Å². The molecule has 0 amide bonds. The van der Waals surface area contributed by atoms with E-state index in [4.69, 9.17) is 0 Å². The summed E-state index contributed by atoms with van der Waals surface area (Å²) in [6.07, 6.45) is 0. The van der Waals surface area contributed by atoms with Crippen molar-refractivity contribution >= 4 is 39.9 Å². The summed E-state index contributed by atoms with van der Waals surface area (Å²) in [5.74, 6) is 0.637. The molecule has 0 saturated carbocycles. The number of hydrogen-bond donors (Lipinski definition) is 0. The summed E-state index contributed by atoms with van der Waals surface area (Å²) in [5.41, 5.74) is 7.30. The highest BCUT2D eigenvalue weighted by Gasteiger charge is 2.08. The van der Waals surface area contributed by atoms with E-state index in [0.717, 1.165) is 0 Å². The lowest BCUT2D eigenvalue weighted by atomic mass is 9.69. The highest BCUT2D eigenvalue weighted by atomic mass is 14.1. The van der Waals surface area contributed by atoms with Crippen LogP contribution in [0.2, 0.25) is 0 Å². The molecular weight excluding hydrogens is 153 g/mol. The Balaban J connectivity index is 3.41. The molecule has 0 spiro atoms. The lowest BCUT2D eigenvalue weighted by molar-refractivity contribution is 0.875. The summed E-state index contributed by atoms with van der Waals surface area (Å²) in [7, 11) is 6.66. The molecule has 0 aliphatic rings. The molecule has 0 aromatic heterocycles. The minimum absolute atomic E-state index is 0.637. The van der Waals surface area contributed by atoms with Crippen LogP contribution in [-0.2, 0) is 0 Å². The van der Waals surface area contributed by atoms with Crippen LogP contribution in [0.5, 0.6) is 0 Å². The molecule has 0 bridgehead atoms. The van der Waals surface area contributed by atoms with Crippen molar-refractivity contribution in [2.45, 2.75) is 26.7 Å². The Hall–Kier alpha value is -0.585. The van der Waals surface area contributed by atoms with E-state index in [9.17, 15) is 0 Å². The molecule has 0 unspecified atom stereocenters. The molecule has 0 fully saturated rings. The predicted octanol–water partition coefficient (Wildman–Crippen LogP) is -2.11. The second-order valence-corrected chi connectivity index (χ2v) is 4.31. The average molecular weight is 170 g/mol. The van der Waals surface area contributed by atoms with E-state index in [1.165, 1.54) is 27.5 Å². The van der Waals surface area contributed by atoms with Gasteiger partial charge in [-0.2, -0.15) is 0 Å². The van der Waals surface area contributed by atoms with E-state index in [0.29, 0.717) is 5.92 Å². The Morgan fingerprint density at radius 2 is 1.62 bits per heavy atom. The van der Waals surface area contributed by atoms with Crippen molar-refractivity contribution in [2.75, 3.05) is 0 Å². The zero-order valence-corrected chi connectivity index (χ0v) is 9.65. The monoisotopic (exact) mass is 170 g/mol. The Labute approximate surface area is 84.3 Å². The fraction of sp³-hybridized carbons (Fsp3) is 0.400. The van der Waals surface area contributed by atoms with Crippen LogP contribution >= 0.6 is 0 Å². The highest BCUT2D eigenvalue weighted by molar-refractivity contribution is 6.51. The van der Waals surface area contributed by atoms with Crippen LogP contribution in [0.4, 0.5) is 0 Å². The normalized spacial score (nSPS) is 10.8. The van der Waals surface area contributed by atoms with E-state index in [2.05, 4.69) is 50.4 Å². The van der Waals surface area contributed by atoms with Crippen molar-refractivity contribution in [1.82, 2.24) is 0 Å². The van der Waals surface area contributed by atoms with Crippen molar-refractivity contribution in [3.8, 4) is 0 Å². The minimum Gasteiger partial charge on any atom is -0.0926 e. The summed E-state index contributed by atoms with van der Waals surface area (Å²) in [5, 5.41) is 0. The van der Waals surface area contributed by atoms with Crippen molar-refractivity contribution in [2.24, 2.45) is 0 Å². The van der Waals surface area contributed by atoms with Crippen LogP contribution < -0.4 is 16.4 Å². The van der Waals surface area contributed by atoms with Crippen LogP contribution in [0.3, 0.4) is 0 Å². The summed E-state index contributed by atoms with van der Waals surface area (Å²) in [6.45, 7) is 6.73. The van der Waals surface area contributed by atoms with Gasteiger partial charge in [0.25, 0.3) is 0 Å². The van der Waals surface area contributed by atoms with Gasteiger partial charge in [0.05, 0.1) is 0 Å². The van der Waals surface area contributed by atoms with Crippen molar-refractivity contribution < 1.29 is 0 Å². The lowest BCUT2D eigenvalue weighted by Crippen LogP contribution is -2.37. The minimum atomic E-state index is 0.637. The van der Waals surface area contributed by atoms with Gasteiger partial charge in [0, 0.05) is 0 Å². The molecule has 1 aromatic rings. The van der Waals surface area contributed by atoms with Gasteiger partial charge in [-0.25, -0.2) is 0 Å². The van der Waals surface area contributed by atoms with Crippen LogP contribution in [0, 0.1) is 6.92 Å². The fourth-order valence-corrected chi connectivity index (χ4v) is 1.84. The molecule has 0 atom stereocenters. The molecule has 0 heterocycles. The van der Waals surface area contributed by atoms with E-state index in [1.807, 2.05) is 0 Å². The zero-order valence-electron chi connectivity index (χ0n) is 9.65. The summed E-state index contributed by atoms with van der Waals surface area (Å²) in [4.78, 5) is 0. The first-order valence-corrected chi connectivity index (χ1v) is 5.02. The molecule has 13 heavy (non-hydrogen) atoms. The number of rotatable bonds is 1. The molecule has 66 valence electrons. The highest BCUT2D eigenvalue weighted by Crippen LogP contribution is 2.09. The molecular formula is C10H17B3. The Kier molecular flexibility index (Phi) is 2.95. The van der Waals surface area contributed by atoms with Crippen LogP contribution in [0.25, 0.3) is 0 Å². The smallest absolute Gasteiger partial charge is 0.0926 e. The molecule has 0 nitrogen and oxygen atoms in total. The van der Waals surface area contributed by atoms with E-state index >= 15 is 0 Å². The SMILES string of the molecule is Bc1cc(C(C)C)c(B)c(B)c1C. The molecule has 0 saturated heterocycles. The molecule has 1 aromatic carbocycles. The Morgan fingerprint density at radius 1 is 1.08 bits per heavy atom. The Morgan fingerprint density at radius 3 is 2.08 bits per heavy atom. The molecule has 0 radical (unpaired) electrons. The third kappa shape index (κ3) is 1.85. The number of benzene rings is 1. The summed E-state index contributed by atoms with van der Waals surface area (Å²) >= 11 is 0. The van der Waals surface area contributed by atoms with Gasteiger partial charge < -0.3 is 0 Å². The molecule has 0 N–H and O–H groups in total.